The van der Waals surface area contributed by atoms with E-state index in [4.69, 9.17) is 10.5 Å². The summed E-state index contributed by atoms with van der Waals surface area (Å²) in [4.78, 5) is 8.58. The molecule has 0 saturated heterocycles. The van der Waals surface area contributed by atoms with Crippen LogP contribution >= 0.6 is 24.0 Å². The van der Waals surface area contributed by atoms with E-state index in [0.717, 1.165) is 17.7 Å². The van der Waals surface area contributed by atoms with Gasteiger partial charge in [-0.25, -0.2) is 9.98 Å². The molecule has 0 atom stereocenters. The lowest BCUT2D eigenvalue weighted by Gasteiger charge is -2.08. The maximum Gasteiger partial charge on any atom is 0.213 e. The number of guanidine groups is 1. The molecular formula is C18H25IN4O. The molecule has 0 aliphatic carbocycles. The summed E-state index contributed by atoms with van der Waals surface area (Å²) < 4.78 is 5.45. The van der Waals surface area contributed by atoms with E-state index in [9.17, 15) is 0 Å². The van der Waals surface area contributed by atoms with Crippen LogP contribution < -0.4 is 15.8 Å². The zero-order valence-electron chi connectivity index (χ0n) is 14.4. The third-order valence-electron chi connectivity index (χ3n) is 3.46. The summed E-state index contributed by atoms with van der Waals surface area (Å²) in [6.45, 7) is 7.37. The number of aliphatic imine (C=N–C) groups is 1. The molecule has 1 aromatic carbocycles. The number of rotatable bonds is 6. The summed E-state index contributed by atoms with van der Waals surface area (Å²) in [7, 11) is 0. The van der Waals surface area contributed by atoms with Crippen LogP contribution in [0.3, 0.4) is 0 Å². The van der Waals surface area contributed by atoms with Crippen molar-refractivity contribution in [3.05, 3.63) is 53.2 Å². The first-order valence-corrected chi connectivity index (χ1v) is 7.80. The molecule has 0 aliphatic heterocycles. The van der Waals surface area contributed by atoms with E-state index < -0.39 is 0 Å². The lowest BCUT2D eigenvalue weighted by Crippen LogP contribution is -2.22. The molecule has 5 nitrogen and oxygen atoms in total. The lowest BCUT2D eigenvalue weighted by molar-refractivity contribution is 0.305. The van der Waals surface area contributed by atoms with Crippen molar-refractivity contribution in [3.63, 3.8) is 0 Å². The summed E-state index contributed by atoms with van der Waals surface area (Å²) >= 11 is 0. The van der Waals surface area contributed by atoms with Crippen LogP contribution in [0, 0.1) is 13.8 Å². The van der Waals surface area contributed by atoms with Crippen LogP contribution in [0.4, 0.5) is 5.69 Å². The molecule has 6 heteroatoms. The molecule has 24 heavy (non-hydrogen) atoms. The maximum atomic E-state index is 5.93. The average molecular weight is 440 g/mol. The maximum absolute atomic E-state index is 5.93. The molecule has 0 aliphatic rings. The van der Waals surface area contributed by atoms with E-state index in [1.54, 1.807) is 6.20 Å². The molecule has 0 fully saturated rings. The van der Waals surface area contributed by atoms with E-state index in [1.165, 1.54) is 11.1 Å². The Kier molecular flexibility index (Phi) is 8.53. The van der Waals surface area contributed by atoms with Crippen LogP contribution in [0.1, 0.15) is 30.0 Å². The van der Waals surface area contributed by atoms with Gasteiger partial charge in [0.1, 0.15) is 0 Å². The first kappa shape index (κ1) is 20.2. The summed E-state index contributed by atoms with van der Waals surface area (Å²) in [5, 5.41) is 3.10. The number of ether oxygens (including phenoxy) is 1. The van der Waals surface area contributed by atoms with Gasteiger partial charge in [-0.3, -0.25) is 0 Å². The van der Waals surface area contributed by atoms with Crippen LogP contribution in [0.2, 0.25) is 0 Å². The summed E-state index contributed by atoms with van der Waals surface area (Å²) in [5.41, 5.74) is 10.3. The Labute approximate surface area is 160 Å². The van der Waals surface area contributed by atoms with Crippen molar-refractivity contribution in [1.82, 2.24) is 4.98 Å². The minimum absolute atomic E-state index is 0. The SMILES string of the molecule is CCCOc1ccc(CN=C(N)Nc2ccc(C)c(C)c2)cn1.I. The van der Waals surface area contributed by atoms with Gasteiger partial charge in [0.05, 0.1) is 13.2 Å². The van der Waals surface area contributed by atoms with Gasteiger partial charge in [0, 0.05) is 18.0 Å². The number of benzene rings is 1. The predicted octanol–water partition coefficient (Wildman–Crippen LogP) is 4.03. The van der Waals surface area contributed by atoms with Gasteiger partial charge in [0.25, 0.3) is 0 Å². The summed E-state index contributed by atoms with van der Waals surface area (Å²) in [5.74, 6) is 1.03. The van der Waals surface area contributed by atoms with Crippen molar-refractivity contribution in [1.29, 1.82) is 0 Å². The lowest BCUT2D eigenvalue weighted by atomic mass is 10.1. The van der Waals surface area contributed by atoms with Crippen molar-refractivity contribution in [2.45, 2.75) is 33.7 Å². The highest BCUT2D eigenvalue weighted by Gasteiger charge is 1.99. The van der Waals surface area contributed by atoms with Crippen LogP contribution in [0.5, 0.6) is 5.88 Å². The van der Waals surface area contributed by atoms with Gasteiger partial charge in [-0.2, -0.15) is 0 Å². The van der Waals surface area contributed by atoms with Crippen LogP contribution in [0.15, 0.2) is 41.5 Å². The zero-order chi connectivity index (χ0) is 16.7. The predicted molar refractivity (Wildman–Crippen MR) is 110 cm³/mol. The van der Waals surface area contributed by atoms with E-state index in [0.29, 0.717) is 25.0 Å². The number of halogens is 1. The summed E-state index contributed by atoms with van der Waals surface area (Å²) in [6, 6.07) is 9.91. The third kappa shape index (κ3) is 6.35. The van der Waals surface area contributed by atoms with Crippen molar-refractivity contribution >= 4 is 35.6 Å². The van der Waals surface area contributed by atoms with Crippen LogP contribution in [-0.2, 0) is 6.54 Å². The average Bonchev–Trinajstić information content (AvgIpc) is 2.55. The fourth-order valence-electron chi connectivity index (χ4n) is 1.98. The first-order valence-electron chi connectivity index (χ1n) is 7.80. The van der Waals surface area contributed by atoms with Gasteiger partial charge in [0.15, 0.2) is 5.96 Å². The van der Waals surface area contributed by atoms with Crippen molar-refractivity contribution in [2.24, 2.45) is 10.7 Å². The molecule has 0 bridgehead atoms. The minimum Gasteiger partial charge on any atom is -0.478 e. The largest absolute Gasteiger partial charge is 0.478 e. The van der Waals surface area contributed by atoms with E-state index in [1.807, 2.05) is 18.2 Å². The van der Waals surface area contributed by atoms with Gasteiger partial charge in [-0.05, 0) is 49.1 Å². The second-order valence-electron chi connectivity index (χ2n) is 5.48. The highest BCUT2D eigenvalue weighted by Crippen LogP contribution is 2.14. The Balaban J connectivity index is 0.00000288. The quantitative estimate of drug-likeness (QED) is 0.404. The number of aryl methyl sites for hydroxylation is 2. The third-order valence-corrected chi connectivity index (χ3v) is 3.46. The van der Waals surface area contributed by atoms with E-state index in [2.05, 4.69) is 48.2 Å². The van der Waals surface area contributed by atoms with Gasteiger partial charge in [0.2, 0.25) is 5.88 Å². The highest BCUT2D eigenvalue weighted by molar-refractivity contribution is 14.0. The Morgan fingerprint density at radius 3 is 2.62 bits per heavy atom. The molecule has 0 amide bonds. The molecular weight excluding hydrogens is 415 g/mol. The Morgan fingerprint density at radius 1 is 1.21 bits per heavy atom. The van der Waals surface area contributed by atoms with E-state index in [-0.39, 0.29) is 24.0 Å². The molecule has 3 N–H and O–H groups in total. The Bertz CT molecular complexity index is 671. The number of aromatic nitrogens is 1. The second-order valence-corrected chi connectivity index (χ2v) is 5.48. The Hall–Kier alpha value is -1.83. The monoisotopic (exact) mass is 440 g/mol. The molecule has 0 spiro atoms. The molecule has 130 valence electrons. The van der Waals surface area contributed by atoms with Gasteiger partial charge in [-0.15, -0.1) is 24.0 Å². The van der Waals surface area contributed by atoms with Gasteiger partial charge in [-0.1, -0.05) is 19.1 Å². The number of hydrogen-bond acceptors (Lipinski definition) is 3. The standard InChI is InChI=1S/C18H24N4O.HI/c1-4-9-23-17-8-6-15(11-20-17)12-21-18(19)22-16-7-5-13(2)14(3)10-16;/h5-8,10-11H,4,9,12H2,1-3H3,(H3,19,21,22);1H. The minimum atomic E-state index is 0. The number of anilines is 1. The van der Waals surface area contributed by atoms with Gasteiger partial charge >= 0.3 is 0 Å². The number of hydrogen-bond donors (Lipinski definition) is 2. The van der Waals surface area contributed by atoms with Crippen molar-refractivity contribution in [3.8, 4) is 5.88 Å². The van der Waals surface area contributed by atoms with Crippen LogP contribution in [-0.4, -0.2) is 17.6 Å². The molecule has 2 aromatic rings. The molecule has 0 unspecified atom stereocenters. The molecule has 0 radical (unpaired) electrons. The van der Waals surface area contributed by atoms with E-state index >= 15 is 0 Å². The fourth-order valence-corrected chi connectivity index (χ4v) is 1.98. The number of pyridine rings is 1. The highest BCUT2D eigenvalue weighted by atomic mass is 127. The molecule has 1 aromatic heterocycles. The first-order chi connectivity index (χ1) is 11.1. The summed E-state index contributed by atoms with van der Waals surface area (Å²) in [6.07, 6.45) is 2.73. The van der Waals surface area contributed by atoms with Crippen LogP contribution in [0.25, 0.3) is 0 Å². The molecule has 0 saturated carbocycles. The number of nitrogens with one attached hydrogen (secondary N) is 1. The fraction of sp³-hybridized carbons (Fsp3) is 0.333. The smallest absolute Gasteiger partial charge is 0.213 e. The zero-order valence-corrected chi connectivity index (χ0v) is 16.7. The normalized spacial score (nSPS) is 10.9. The molecule has 1 heterocycles. The topological polar surface area (TPSA) is 72.5 Å². The van der Waals surface area contributed by atoms with Gasteiger partial charge < -0.3 is 15.8 Å². The van der Waals surface area contributed by atoms with Crippen molar-refractivity contribution < 1.29 is 4.74 Å². The number of nitrogens with two attached hydrogens (primary N) is 1. The number of nitrogens with zero attached hydrogens (tertiary/aromatic N) is 2. The Morgan fingerprint density at radius 2 is 2.00 bits per heavy atom. The second kappa shape index (κ2) is 10.1. The van der Waals surface area contributed by atoms with Crippen molar-refractivity contribution in [2.75, 3.05) is 11.9 Å². The molecule has 2 rings (SSSR count).